The zero-order chi connectivity index (χ0) is 0. The second-order valence-corrected chi connectivity index (χ2v) is 0. The van der Waals surface area contributed by atoms with Crippen molar-refractivity contribution in [3.8, 4) is 0 Å². The van der Waals surface area contributed by atoms with Crippen LogP contribution in [0.3, 0.4) is 0 Å². The molecule has 7 heteroatoms. The first kappa shape index (κ1) is 173. The van der Waals surface area contributed by atoms with Gasteiger partial charge in [-0.3, -0.25) is 0 Å². The monoisotopic (exact) mass is 217 g/mol. The van der Waals surface area contributed by atoms with Crippen LogP contribution in [-0.2, 0) is 36.3 Å². The standard InChI is InChI=1S/Co.Mg.4H2O.Zn/h;;4*1H2;/q;+2;;;;;+2/p-2. The van der Waals surface area contributed by atoms with E-state index in [0.29, 0.717) is 0 Å². The van der Waals surface area contributed by atoms with Crippen molar-refractivity contribution in [1.29, 1.82) is 0 Å². The molecule has 0 aromatic rings. The first-order valence-electron chi connectivity index (χ1n) is 0. The van der Waals surface area contributed by atoms with Crippen LogP contribution < -0.4 is 0 Å². The molecule has 4 nitrogen and oxygen atoms in total. The summed E-state index contributed by atoms with van der Waals surface area (Å²) < 4.78 is 0. The molecule has 0 spiro atoms. The maximum Gasteiger partial charge on any atom is 2.00 e. The van der Waals surface area contributed by atoms with Gasteiger partial charge in [0.1, 0.15) is 0 Å². The summed E-state index contributed by atoms with van der Waals surface area (Å²) in [6, 6.07) is 0. The molecule has 0 aromatic heterocycles. The molecular weight excluding hydrogens is 213 g/mol. The van der Waals surface area contributed by atoms with Gasteiger partial charge in [0.25, 0.3) is 0 Å². The zero-order valence-electron chi connectivity index (χ0n) is 3.64. The summed E-state index contributed by atoms with van der Waals surface area (Å²) in [4.78, 5) is 0. The molecule has 0 aromatic carbocycles. The van der Waals surface area contributed by atoms with E-state index in [-0.39, 0.29) is 81.2 Å². The fraction of sp³-hybridized carbons (Fsp3) is 0. The molecule has 0 aliphatic heterocycles. The van der Waals surface area contributed by atoms with Crippen molar-refractivity contribution in [2.24, 2.45) is 0 Å². The predicted molar refractivity (Wildman–Crippen MR) is 16.9 cm³/mol. The van der Waals surface area contributed by atoms with Crippen LogP contribution in [0.5, 0.6) is 0 Å². The summed E-state index contributed by atoms with van der Waals surface area (Å²) in [5, 5.41) is 0. The van der Waals surface area contributed by atoms with E-state index in [0.717, 1.165) is 0 Å². The van der Waals surface area contributed by atoms with Crippen LogP contribution in [-0.4, -0.2) is 45.0 Å². The minimum atomic E-state index is 0. The Morgan fingerprint density at radius 1 is 0.714 bits per heavy atom. The van der Waals surface area contributed by atoms with Crippen LogP contribution >= 0.6 is 0 Å². The van der Waals surface area contributed by atoms with Crippen LogP contribution in [0, 0.1) is 0 Å². The minimum Gasteiger partial charge on any atom is -0.870 e. The largest absolute Gasteiger partial charge is 2.00 e. The molecule has 0 fully saturated rings. The van der Waals surface area contributed by atoms with Crippen LogP contribution in [0.15, 0.2) is 0 Å². The quantitative estimate of drug-likeness (QED) is 0.421. The van der Waals surface area contributed by atoms with Crippen LogP contribution in [0.1, 0.15) is 0 Å². The van der Waals surface area contributed by atoms with Gasteiger partial charge in [-0.15, -0.1) is 0 Å². The Morgan fingerprint density at radius 3 is 0.714 bits per heavy atom. The maximum absolute atomic E-state index is 0. The minimum absolute atomic E-state index is 0. The summed E-state index contributed by atoms with van der Waals surface area (Å²) in [6.07, 6.45) is 0. The molecule has 41 valence electrons. The molecule has 0 saturated carbocycles. The van der Waals surface area contributed by atoms with Crippen molar-refractivity contribution in [2.45, 2.75) is 0 Å². The van der Waals surface area contributed by atoms with E-state index in [9.17, 15) is 0 Å². The second kappa shape index (κ2) is 116. The molecule has 1 radical (unpaired) electrons. The normalized spacial score (nSPS) is 0. The van der Waals surface area contributed by atoms with E-state index in [1.165, 1.54) is 0 Å². The molecule has 0 saturated heterocycles. The zero-order valence-corrected chi connectivity index (χ0v) is 9.06. The molecular formula is H6CoMgO4Zn+2. The number of hydrogen-bond acceptors (Lipinski definition) is 2. The van der Waals surface area contributed by atoms with Crippen molar-refractivity contribution in [1.82, 2.24) is 0 Å². The second-order valence-electron chi connectivity index (χ2n) is 0. The van der Waals surface area contributed by atoms with Crippen LogP contribution in [0.4, 0.5) is 0 Å². The van der Waals surface area contributed by atoms with Gasteiger partial charge < -0.3 is 21.9 Å². The summed E-state index contributed by atoms with van der Waals surface area (Å²) >= 11 is 0. The van der Waals surface area contributed by atoms with Gasteiger partial charge in [-0.2, -0.15) is 0 Å². The molecule has 0 rings (SSSR count). The first-order valence-corrected chi connectivity index (χ1v) is 0. The van der Waals surface area contributed by atoms with E-state index < -0.39 is 0 Å². The van der Waals surface area contributed by atoms with E-state index in [2.05, 4.69) is 0 Å². The maximum atomic E-state index is 0. The molecule has 6 N–H and O–H groups in total. The third kappa shape index (κ3) is 84.5. The molecule has 0 unspecified atom stereocenters. The van der Waals surface area contributed by atoms with Gasteiger partial charge in [0, 0.05) is 16.8 Å². The summed E-state index contributed by atoms with van der Waals surface area (Å²) in [7, 11) is 0. The van der Waals surface area contributed by atoms with Crippen molar-refractivity contribution >= 4 is 23.1 Å². The number of hydrogen-bond donors (Lipinski definition) is 0. The molecule has 0 aliphatic carbocycles. The van der Waals surface area contributed by atoms with Crippen molar-refractivity contribution in [2.75, 3.05) is 0 Å². The Balaban J connectivity index is 0. The van der Waals surface area contributed by atoms with Gasteiger partial charge in [-0.1, -0.05) is 0 Å². The fourth-order valence-corrected chi connectivity index (χ4v) is 0. The van der Waals surface area contributed by atoms with Crippen LogP contribution in [0.2, 0.25) is 0 Å². The molecule has 0 atom stereocenters. The average molecular weight is 219 g/mol. The summed E-state index contributed by atoms with van der Waals surface area (Å²) in [6.45, 7) is 0. The van der Waals surface area contributed by atoms with Gasteiger partial charge in [-0.25, -0.2) is 0 Å². The van der Waals surface area contributed by atoms with Crippen molar-refractivity contribution in [3.05, 3.63) is 0 Å². The van der Waals surface area contributed by atoms with Gasteiger partial charge >= 0.3 is 42.5 Å². The van der Waals surface area contributed by atoms with Gasteiger partial charge in [0.2, 0.25) is 0 Å². The van der Waals surface area contributed by atoms with Gasteiger partial charge in [0.05, 0.1) is 0 Å². The van der Waals surface area contributed by atoms with Crippen LogP contribution in [0.25, 0.3) is 0 Å². The summed E-state index contributed by atoms with van der Waals surface area (Å²) in [5.41, 5.74) is 0. The molecule has 0 aliphatic rings. The average Bonchev–Trinajstić information content (AvgIpc) is 0. The van der Waals surface area contributed by atoms with Crippen molar-refractivity contribution < 1.29 is 58.2 Å². The van der Waals surface area contributed by atoms with E-state index in [1.54, 1.807) is 0 Å². The third-order valence-electron chi connectivity index (χ3n) is 0. The molecule has 7 heavy (non-hydrogen) atoms. The smallest absolute Gasteiger partial charge is 0.870 e. The van der Waals surface area contributed by atoms with Crippen molar-refractivity contribution in [3.63, 3.8) is 0 Å². The Kier molecular flexibility index (Phi) is 2890. The first-order chi connectivity index (χ1) is 0. The molecule has 0 heterocycles. The topological polar surface area (TPSA) is 123 Å². The molecule has 0 bridgehead atoms. The fourth-order valence-electron chi connectivity index (χ4n) is 0. The van der Waals surface area contributed by atoms with E-state index >= 15 is 0 Å². The third-order valence-corrected chi connectivity index (χ3v) is 0. The number of rotatable bonds is 0. The van der Waals surface area contributed by atoms with E-state index in [4.69, 9.17) is 0 Å². The predicted octanol–water partition coefficient (Wildman–Crippen LogP) is -2.39. The van der Waals surface area contributed by atoms with Gasteiger partial charge in [0.15, 0.2) is 0 Å². The Labute approximate surface area is 80.8 Å². The van der Waals surface area contributed by atoms with Gasteiger partial charge in [-0.05, 0) is 0 Å². The molecule has 0 amide bonds. The Bertz CT molecular complexity index is 11.7. The SMILES string of the molecule is O.O.[Co].[Mg+2].[OH-].[OH-].[Zn+2]. The Hall–Kier alpha value is 1.74. The Morgan fingerprint density at radius 2 is 0.714 bits per heavy atom. The summed E-state index contributed by atoms with van der Waals surface area (Å²) in [5.74, 6) is 0. The van der Waals surface area contributed by atoms with E-state index in [1.807, 2.05) is 0 Å².